The average Bonchev–Trinajstić information content (AvgIpc) is 2.79. The normalized spacial score (nSPS) is 9.29. The van der Waals surface area contributed by atoms with Crippen molar-refractivity contribution in [1.82, 2.24) is 0 Å². The van der Waals surface area contributed by atoms with Crippen LogP contribution in [0.25, 0.3) is 0 Å². The van der Waals surface area contributed by atoms with Crippen LogP contribution in [0.5, 0.6) is 0 Å². The summed E-state index contributed by atoms with van der Waals surface area (Å²) in [6.45, 7) is 6.00. The minimum atomic E-state index is 0. The fourth-order valence-corrected chi connectivity index (χ4v) is 0.503. The van der Waals surface area contributed by atoms with Crippen LogP contribution < -0.4 is 0 Å². The quantitative estimate of drug-likeness (QED) is 0.374. The molecule has 0 aliphatic heterocycles. The molecule has 0 N–H and O–H groups in total. The molecule has 0 saturated carbocycles. The number of hydrogen-bond acceptors (Lipinski definition) is 4. The summed E-state index contributed by atoms with van der Waals surface area (Å²) in [5.41, 5.74) is 0.681. The van der Waals surface area contributed by atoms with Crippen LogP contribution >= 0.6 is 0 Å². The van der Waals surface area contributed by atoms with E-state index in [-0.39, 0.29) is 17.1 Å². The van der Waals surface area contributed by atoms with Crippen molar-refractivity contribution in [1.29, 1.82) is 0 Å². The van der Waals surface area contributed by atoms with Crippen molar-refractivity contribution in [3.8, 4) is 0 Å². The third-order valence-corrected chi connectivity index (χ3v) is 0.848. The van der Waals surface area contributed by atoms with Crippen LogP contribution in [-0.2, 0) is 36.2 Å². The minimum Gasteiger partial charge on any atom is -0.374 e. The van der Waals surface area contributed by atoms with E-state index in [0.717, 1.165) is 12.7 Å². The van der Waals surface area contributed by atoms with Gasteiger partial charge in [0.1, 0.15) is 20.4 Å². The smallest absolute Gasteiger partial charge is 0.106 e. The van der Waals surface area contributed by atoms with Crippen molar-refractivity contribution in [2.24, 2.45) is 0 Å². The van der Waals surface area contributed by atoms with Crippen molar-refractivity contribution in [3.05, 3.63) is 23.8 Å². The zero-order valence-electron chi connectivity index (χ0n) is 7.57. The molecule has 0 amide bonds. The molecular formula is C9H11MnO4-. The van der Waals surface area contributed by atoms with Crippen LogP contribution in [0.2, 0.25) is 0 Å². The van der Waals surface area contributed by atoms with Crippen LogP contribution in [0, 0.1) is 6.08 Å². The molecule has 0 spiro atoms. The van der Waals surface area contributed by atoms with Gasteiger partial charge in [-0.3, -0.25) is 0 Å². The van der Waals surface area contributed by atoms with Crippen molar-refractivity contribution >= 4 is 26.7 Å². The Morgan fingerprint density at radius 1 is 1.14 bits per heavy atom. The number of allylic oxidation sites excluding steroid dienone is 4. The van der Waals surface area contributed by atoms with Gasteiger partial charge in [-0.15, -0.1) is 6.08 Å². The number of aldehydes is 1. The Labute approximate surface area is 93.5 Å². The zero-order valence-corrected chi connectivity index (χ0v) is 8.75. The molecule has 0 unspecified atom stereocenters. The minimum absolute atomic E-state index is 0. The maximum absolute atomic E-state index is 9.86. The largest absolute Gasteiger partial charge is 0.374 e. The van der Waals surface area contributed by atoms with Gasteiger partial charge in [0.2, 0.25) is 0 Å². The first kappa shape index (κ1) is 23.0. The molecule has 0 fully saturated rings. The predicted molar refractivity (Wildman–Crippen MR) is 47.9 cm³/mol. The Kier molecular flexibility index (Phi) is 49.0. The Morgan fingerprint density at radius 2 is 1.57 bits per heavy atom. The zero-order chi connectivity index (χ0) is 11.1. The van der Waals surface area contributed by atoms with Gasteiger partial charge in [0, 0.05) is 23.4 Å². The van der Waals surface area contributed by atoms with E-state index in [2.05, 4.69) is 6.08 Å². The summed E-state index contributed by atoms with van der Waals surface area (Å²) in [4.78, 5) is 33.9. The molecule has 1 rings (SSSR count). The molecule has 14 heavy (non-hydrogen) atoms. The molecule has 5 heteroatoms. The van der Waals surface area contributed by atoms with E-state index < -0.39 is 0 Å². The summed E-state index contributed by atoms with van der Waals surface area (Å²) in [5, 5.41) is 0. The van der Waals surface area contributed by atoms with Crippen LogP contribution in [0.3, 0.4) is 0 Å². The molecule has 0 bridgehead atoms. The Morgan fingerprint density at radius 3 is 1.71 bits per heavy atom. The summed E-state index contributed by atoms with van der Waals surface area (Å²) in [6, 6.07) is 0. The topological polar surface area (TPSA) is 68.3 Å². The molecular weight excluding hydrogens is 227 g/mol. The third-order valence-electron chi connectivity index (χ3n) is 0.848. The SMILES string of the molecule is C=O.C=O.C=O.O=CC1=[C-]CC=C1.[Mn]. The van der Waals surface area contributed by atoms with Crippen molar-refractivity contribution in [2.45, 2.75) is 6.42 Å². The first-order valence-corrected chi connectivity index (χ1v) is 3.02. The molecule has 0 aromatic heterocycles. The number of hydrogen-bond donors (Lipinski definition) is 0. The second kappa shape index (κ2) is 29.9. The standard InChI is InChI=1S/C6H5O.3CH2O.Mn/c7-5-6-3-1-2-4-6;3*1-2;/h1,3,5H,2H2;3*1H2;/q-1;;;;. The first-order valence-electron chi connectivity index (χ1n) is 3.02. The van der Waals surface area contributed by atoms with Gasteiger partial charge in [-0.2, -0.15) is 17.7 Å². The Bertz CT molecular complexity index is 173. The maximum Gasteiger partial charge on any atom is 0.106 e. The van der Waals surface area contributed by atoms with E-state index in [0.29, 0.717) is 5.57 Å². The van der Waals surface area contributed by atoms with Gasteiger partial charge in [0.05, 0.1) is 0 Å². The summed E-state index contributed by atoms with van der Waals surface area (Å²) >= 11 is 0. The van der Waals surface area contributed by atoms with Gasteiger partial charge in [-0.25, -0.2) is 0 Å². The fraction of sp³-hybridized carbons (Fsp3) is 0.111. The van der Waals surface area contributed by atoms with Gasteiger partial charge < -0.3 is 19.2 Å². The molecule has 0 heterocycles. The van der Waals surface area contributed by atoms with E-state index in [1.807, 2.05) is 26.4 Å². The molecule has 1 aliphatic rings. The summed E-state index contributed by atoms with van der Waals surface area (Å²) in [6.07, 6.45) is 8.13. The number of carbonyl (C=O) groups is 4. The summed E-state index contributed by atoms with van der Waals surface area (Å²) in [5.74, 6) is 0. The molecule has 79 valence electrons. The molecule has 0 saturated heterocycles. The van der Waals surface area contributed by atoms with Gasteiger partial charge >= 0.3 is 0 Å². The molecule has 1 radical (unpaired) electrons. The van der Waals surface area contributed by atoms with Crippen LogP contribution in [0.15, 0.2) is 17.7 Å². The van der Waals surface area contributed by atoms with E-state index in [9.17, 15) is 4.79 Å². The van der Waals surface area contributed by atoms with Gasteiger partial charge in [-0.1, -0.05) is 6.42 Å². The number of carbonyl (C=O) groups excluding carboxylic acids is 4. The summed E-state index contributed by atoms with van der Waals surface area (Å²) < 4.78 is 0. The van der Waals surface area contributed by atoms with Crippen LogP contribution in [-0.4, -0.2) is 26.7 Å². The Balaban J connectivity index is -0.0000000625. The van der Waals surface area contributed by atoms with Crippen LogP contribution in [0.4, 0.5) is 0 Å². The first-order chi connectivity index (χ1) is 6.43. The maximum atomic E-state index is 9.86. The monoisotopic (exact) mass is 238 g/mol. The Hall–Kier alpha value is -1.32. The van der Waals surface area contributed by atoms with Gasteiger partial charge in [0.25, 0.3) is 0 Å². The van der Waals surface area contributed by atoms with Crippen molar-refractivity contribution in [3.63, 3.8) is 0 Å². The van der Waals surface area contributed by atoms with E-state index >= 15 is 0 Å². The molecule has 0 atom stereocenters. The van der Waals surface area contributed by atoms with E-state index in [4.69, 9.17) is 14.4 Å². The molecule has 1 aliphatic carbocycles. The summed E-state index contributed by atoms with van der Waals surface area (Å²) in [7, 11) is 0. The molecule has 0 aromatic carbocycles. The number of rotatable bonds is 1. The predicted octanol–water partition coefficient (Wildman–Crippen LogP) is 0.318. The van der Waals surface area contributed by atoms with E-state index in [1.54, 1.807) is 6.08 Å². The van der Waals surface area contributed by atoms with Gasteiger partial charge in [-0.05, 0) is 0 Å². The second-order valence-corrected chi connectivity index (χ2v) is 1.36. The van der Waals surface area contributed by atoms with Gasteiger partial charge in [0.15, 0.2) is 0 Å². The van der Waals surface area contributed by atoms with Crippen molar-refractivity contribution < 1.29 is 36.2 Å². The van der Waals surface area contributed by atoms with E-state index in [1.165, 1.54) is 0 Å². The van der Waals surface area contributed by atoms with Crippen molar-refractivity contribution in [2.75, 3.05) is 0 Å². The fourth-order valence-electron chi connectivity index (χ4n) is 0.503. The third kappa shape index (κ3) is 17.0. The van der Waals surface area contributed by atoms with Crippen LogP contribution in [0.1, 0.15) is 6.42 Å². The second-order valence-electron chi connectivity index (χ2n) is 1.36. The molecule has 4 nitrogen and oxygen atoms in total. The average molecular weight is 238 g/mol. The molecule has 0 aromatic rings.